The molecule has 1 aliphatic rings. The lowest BCUT2D eigenvalue weighted by molar-refractivity contribution is 0.660. The van der Waals surface area contributed by atoms with Crippen molar-refractivity contribution in [2.24, 2.45) is 0 Å². The molecule has 0 unspecified atom stereocenters. The zero-order chi connectivity index (χ0) is 79.0. The molecule has 0 bridgehead atoms. The Labute approximate surface area is 678 Å². The lowest BCUT2D eigenvalue weighted by Crippen LogP contribution is -2.14. The Morgan fingerprint density at radius 2 is 0.500 bits per heavy atom. The molecule has 0 fully saturated rings. The van der Waals surface area contributed by atoms with E-state index in [0.29, 0.717) is 0 Å². The van der Waals surface area contributed by atoms with Crippen LogP contribution in [0, 0.1) is 41.5 Å². The van der Waals surface area contributed by atoms with Gasteiger partial charge < -0.3 is 22.8 Å². The van der Waals surface area contributed by atoms with Crippen LogP contribution in [0.4, 0.5) is 0 Å². The van der Waals surface area contributed by atoms with Crippen LogP contribution in [0.2, 0.25) is 0 Å². The molecule has 17 aromatic carbocycles. The molecule has 5 aromatic heterocycles. The molecule has 0 atom stereocenters. The Kier molecular flexibility index (Phi) is 19.8. The standard InChI is InChI=1S/5C19H15N.C16H16/c1-14-10-12-15(13-11-14)20-18-8-4-2-6-16(18)17-7-3-5-9-19(17)20;1-14-8-7-12-17-16-11-5-6-13-18(16)20(19(14)17)15-9-3-2-4-10-15;1-14-8-7-13-18-19(14)16-11-5-6-12-17(16)20(18)15-9-3-2-4-10-15;1-14-11-12-19-17(13-14)16-9-5-6-10-18(16)20(19)15-7-3-2-4-8-15;1-14-11-12-17-16-9-5-6-10-18(16)20(19(17)13-14)15-7-3-2-4-8-15;1-11-8-9-13-12-6-4-5-7-14(12)16(2,3)15(13)10-11/h5*2-13H,1H3;4-10H,1-3H3. The van der Waals surface area contributed by atoms with Crippen molar-refractivity contribution in [2.45, 2.75) is 60.8 Å². The van der Waals surface area contributed by atoms with E-state index in [1.807, 2.05) is 0 Å². The Balaban J connectivity index is 0.0000000965. The largest absolute Gasteiger partial charge is 0.309 e. The molecule has 0 radical (unpaired) electrons. The van der Waals surface area contributed by atoms with Gasteiger partial charge in [-0.15, -0.1) is 0 Å². The fourth-order valence-electron chi connectivity index (χ4n) is 17.7. The molecule has 5 heteroatoms. The van der Waals surface area contributed by atoms with Gasteiger partial charge in [0, 0.05) is 87.7 Å². The molecule has 0 amide bonds. The molecule has 116 heavy (non-hydrogen) atoms. The van der Waals surface area contributed by atoms with Crippen LogP contribution >= 0.6 is 0 Å². The van der Waals surface area contributed by atoms with Gasteiger partial charge in [-0.25, -0.2) is 0 Å². The first-order valence-electron chi connectivity index (χ1n) is 40.3. The fraction of sp³-hybridized carbons (Fsp3) is 0.0811. The van der Waals surface area contributed by atoms with E-state index in [9.17, 15) is 0 Å². The van der Waals surface area contributed by atoms with E-state index < -0.39 is 0 Å². The first kappa shape index (κ1) is 73.2. The Morgan fingerprint density at radius 1 is 0.181 bits per heavy atom. The first-order valence-corrected chi connectivity index (χ1v) is 40.3. The van der Waals surface area contributed by atoms with Crippen LogP contribution in [0.3, 0.4) is 0 Å². The SMILES string of the molecule is Cc1ccc(-n2c3ccccc3c3ccccc32)cc1.Cc1ccc2c(c1)C(C)(C)c1ccccc1-2.Cc1ccc2c(c1)c1ccccc1n2-c1ccccc1.Cc1ccc2c3ccccc3n(-c3ccccc3)c2c1.Cc1cccc2c1c1ccccc1n2-c1ccccc1.Cc1cccc2c3ccccc3n(-c3ccccc3)c12. The number of aromatic nitrogens is 5. The smallest absolute Gasteiger partial charge is 0.0570 e. The van der Waals surface area contributed by atoms with Gasteiger partial charge in [0.2, 0.25) is 0 Å². The van der Waals surface area contributed by atoms with Gasteiger partial charge in [0.15, 0.2) is 0 Å². The number of aryl methyl sites for hydroxylation is 6. The molecular formula is C111H91N5. The quantitative estimate of drug-likeness (QED) is 0.164. The number of fused-ring (bicyclic) bond motifs is 18. The van der Waals surface area contributed by atoms with Crippen molar-refractivity contribution in [1.82, 2.24) is 22.8 Å². The van der Waals surface area contributed by atoms with E-state index in [-0.39, 0.29) is 5.41 Å². The highest BCUT2D eigenvalue weighted by Crippen LogP contribution is 2.49. The van der Waals surface area contributed by atoms with Crippen LogP contribution < -0.4 is 0 Å². The average molecular weight is 1490 g/mol. The van der Waals surface area contributed by atoms with Crippen LogP contribution in [0.15, 0.2) is 406 Å². The maximum absolute atomic E-state index is 2.36. The van der Waals surface area contributed by atoms with Gasteiger partial charge in [-0.3, -0.25) is 0 Å². The third-order valence-corrected chi connectivity index (χ3v) is 23.1. The van der Waals surface area contributed by atoms with Crippen LogP contribution in [0.1, 0.15) is 58.4 Å². The van der Waals surface area contributed by atoms with Gasteiger partial charge >= 0.3 is 0 Å². The van der Waals surface area contributed by atoms with Gasteiger partial charge in [-0.1, -0.05) is 316 Å². The number of para-hydroxylation sites is 11. The Bertz CT molecular complexity index is 7210. The molecule has 0 spiro atoms. The van der Waals surface area contributed by atoms with Crippen LogP contribution in [-0.4, -0.2) is 22.8 Å². The number of rotatable bonds is 5. The van der Waals surface area contributed by atoms with E-state index in [4.69, 9.17) is 0 Å². The fourth-order valence-corrected chi connectivity index (χ4v) is 17.7. The topological polar surface area (TPSA) is 24.6 Å². The van der Waals surface area contributed by atoms with E-state index in [0.717, 1.165) is 0 Å². The van der Waals surface area contributed by atoms with Crippen molar-refractivity contribution in [2.75, 3.05) is 0 Å². The Hall–Kier alpha value is -14.3. The zero-order valence-electron chi connectivity index (χ0n) is 66.9. The molecule has 5 heterocycles. The molecule has 1 aliphatic carbocycles. The zero-order valence-corrected chi connectivity index (χ0v) is 66.9. The molecule has 5 nitrogen and oxygen atoms in total. The van der Waals surface area contributed by atoms with Crippen LogP contribution in [0.25, 0.3) is 149 Å². The lowest BCUT2D eigenvalue weighted by atomic mass is 9.82. The van der Waals surface area contributed by atoms with Crippen LogP contribution in [0.5, 0.6) is 0 Å². The normalized spacial score (nSPS) is 11.9. The van der Waals surface area contributed by atoms with Gasteiger partial charge in [0.1, 0.15) is 0 Å². The summed E-state index contributed by atoms with van der Waals surface area (Å²) in [6.07, 6.45) is 0. The van der Waals surface area contributed by atoms with E-state index in [2.05, 4.69) is 485 Å². The van der Waals surface area contributed by atoms with Crippen molar-refractivity contribution in [3.05, 3.63) is 451 Å². The summed E-state index contributed by atoms with van der Waals surface area (Å²) in [6, 6.07) is 145. The van der Waals surface area contributed by atoms with Crippen LogP contribution in [-0.2, 0) is 5.41 Å². The molecule has 23 rings (SSSR count). The summed E-state index contributed by atoms with van der Waals surface area (Å²) < 4.78 is 11.7. The summed E-state index contributed by atoms with van der Waals surface area (Å²) in [5, 5.41) is 13.2. The minimum Gasteiger partial charge on any atom is -0.309 e. The summed E-state index contributed by atoms with van der Waals surface area (Å²) in [6.45, 7) is 17.6. The van der Waals surface area contributed by atoms with Crippen molar-refractivity contribution in [3.8, 4) is 39.6 Å². The van der Waals surface area contributed by atoms with Gasteiger partial charge in [0.05, 0.1) is 55.2 Å². The number of benzene rings is 17. The predicted molar refractivity (Wildman–Crippen MR) is 496 cm³/mol. The van der Waals surface area contributed by atoms with Crippen molar-refractivity contribution in [3.63, 3.8) is 0 Å². The lowest BCUT2D eigenvalue weighted by Gasteiger charge is -2.21. The van der Waals surface area contributed by atoms with Gasteiger partial charge in [-0.05, 0) is 202 Å². The van der Waals surface area contributed by atoms with Gasteiger partial charge in [0.25, 0.3) is 0 Å². The highest BCUT2D eigenvalue weighted by Gasteiger charge is 2.35. The summed E-state index contributed by atoms with van der Waals surface area (Å²) in [5.74, 6) is 0. The van der Waals surface area contributed by atoms with E-state index in [1.165, 1.54) is 193 Å². The second kappa shape index (κ2) is 31.4. The highest BCUT2D eigenvalue weighted by atomic mass is 15.0. The number of hydrogen-bond donors (Lipinski definition) is 0. The molecule has 0 saturated carbocycles. The maximum atomic E-state index is 2.36. The summed E-state index contributed by atoms with van der Waals surface area (Å²) in [4.78, 5) is 0. The minimum absolute atomic E-state index is 0.151. The monoisotopic (exact) mass is 1490 g/mol. The van der Waals surface area contributed by atoms with E-state index >= 15 is 0 Å². The molecule has 22 aromatic rings. The summed E-state index contributed by atoms with van der Waals surface area (Å²) in [5.41, 5.74) is 32.5. The second-order valence-electron chi connectivity index (χ2n) is 31.2. The molecule has 0 saturated heterocycles. The average Bonchev–Trinajstić information content (AvgIpc) is 1.65. The summed E-state index contributed by atoms with van der Waals surface area (Å²) >= 11 is 0. The second-order valence-corrected chi connectivity index (χ2v) is 31.2. The summed E-state index contributed by atoms with van der Waals surface area (Å²) in [7, 11) is 0. The van der Waals surface area contributed by atoms with Crippen molar-refractivity contribution in [1.29, 1.82) is 0 Å². The van der Waals surface area contributed by atoms with Crippen molar-refractivity contribution >= 4 is 109 Å². The third kappa shape index (κ3) is 13.6. The predicted octanol–water partition coefficient (Wildman–Crippen LogP) is 29.8. The highest BCUT2D eigenvalue weighted by molar-refractivity contribution is 6.14. The first-order chi connectivity index (χ1) is 56.9. The molecular weight excluding hydrogens is 1400 g/mol. The van der Waals surface area contributed by atoms with Crippen molar-refractivity contribution < 1.29 is 0 Å². The Morgan fingerprint density at radius 3 is 1.03 bits per heavy atom. The maximum Gasteiger partial charge on any atom is 0.0570 e. The number of nitrogens with zero attached hydrogens (tertiary/aromatic N) is 5. The number of hydrogen-bond acceptors (Lipinski definition) is 0. The third-order valence-electron chi connectivity index (χ3n) is 23.1. The minimum atomic E-state index is 0.151. The molecule has 560 valence electrons. The molecule has 0 N–H and O–H groups in total. The molecule has 0 aliphatic heterocycles. The van der Waals surface area contributed by atoms with E-state index in [1.54, 1.807) is 0 Å². The van der Waals surface area contributed by atoms with Gasteiger partial charge in [-0.2, -0.15) is 0 Å².